The monoisotopic (exact) mass is 422 g/mol. The van der Waals surface area contributed by atoms with Crippen LogP contribution in [0.25, 0.3) is 11.0 Å². The van der Waals surface area contributed by atoms with Crippen molar-refractivity contribution in [2.24, 2.45) is 0 Å². The number of nitrogens with one attached hydrogen (secondary N) is 1. The topological polar surface area (TPSA) is 69.3 Å². The third kappa shape index (κ3) is 4.51. The number of amides is 2. The number of thioether (sulfide) groups is 1. The van der Waals surface area contributed by atoms with Gasteiger partial charge in [0.05, 0.1) is 22.0 Å². The molecule has 1 aliphatic rings. The highest BCUT2D eigenvalue weighted by atomic mass is 32.2. The maximum absolute atomic E-state index is 12.7. The van der Waals surface area contributed by atoms with Gasteiger partial charge in [0, 0.05) is 31.7 Å². The third-order valence-electron chi connectivity index (χ3n) is 5.47. The number of benzene rings is 2. The summed E-state index contributed by atoms with van der Waals surface area (Å²) in [4.78, 5) is 36.9. The van der Waals surface area contributed by atoms with E-state index in [-0.39, 0.29) is 17.1 Å². The van der Waals surface area contributed by atoms with E-state index in [2.05, 4.69) is 16.9 Å². The maximum atomic E-state index is 12.7. The Morgan fingerprint density at radius 3 is 2.40 bits per heavy atom. The van der Waals surface area contributed by atoms with E-state index in [1.165, 1.54) is 0 Å². The average molecular weight is 423 g/mol. The number of nitrogens with zero attached hydrogens (tertiary/aromatic N) is 3. The molecule has 4 rings (SSSR count). The zero-order valence-corrected chi connectivity index (χ0v) is 18.1. The van der Waals surface area contributed by atoms with Crippen LogP contribution in [0.15, 0.2) is 48.5 Å². The smallest absolute Gasteiger partial charge is 0.253 e. The number of carbonyl (C=O) groups is 2. The minimum atomic E-state index is 0.0370. The molecule has 0 saturated carbocycles. The van der Waals surface area contributed by atoms with E-state index in [1.54, 1.807) is 11.8 Å². The predicted molar refractivity (Wildman–Crippen MR) is 121 cm³/mol. The number of hydrogen-bond acceptors (Lipinski definition) is 4. The van der Waals surface area contributed by atoms with Crippen LogP contribution in [-0.4, -0.2) is 63.5 Å². The van der Waals surface area contributed by atoms with Crippen molar-refractivity contribution in [3.8, 4) is 0 Å². The summed E-state index contributed by atoms with van der Waals surface area (Å²) in [6.07, 6.45) is 0. The van der Waals surface area contributed by atoms with Crippen LogP contribution in [0, 0.1) is 6.92 Å². The van der Waals surface area contributed by atoms with Crippen molar-refractivity contribution in [3.63, 3.8) is 0 Å². The normalized spacial score (nSPS) is 15.4. The first-order chi connectivity index (χ1) is 14.5. The van der Waals surface area contributed by atoms with E-state index in [4.69, 9.17) is 0 Å². The fourth-order valence-electron chi connectivity index (χ4n) is 3.57. The van der Waals surface area contributed by atoms with E-state index >= 15 is 0 Å². The van der Waals surface area contributed by atoms with E-state index in [0.29, 0.717) is 37.5 Å². The van der Waals surface area contributed by atoms with Crippen molar-refractivity contribution in [2.45, 2.75) is 19.1 Å². The lowest BCUT2D eigenvalue weighted by molar-refractivity contribution is -0.129. The van der Waals surface area contributed by atoms with Crippen LogP contribution in [0.3, 0.4) is 0 Å². The quantitative estimate of drug-likeness (QED) is 0.681. The number of piperazine rings is 1. The van der Waals surface area contributed by atoms with Gasteiger partial charge in [-0.2, -0.15) is 0 Å². The molecule has 1 saturated heterocycles. The fraction of sp³-hybridized carbons (Fsp3) is 0.348. The zero-order chi connectivity index (χ0) is 21.1. The SMILES string of the molecule is Cc1ccc(C(=O)N2CCN(C(=O)CSC(C)c3nc4ccccc4[nH]3)CC2)cc1. The summed E-state index contributed by atoms with van der Waals surface area (Å²) < 4.78 is 0. The number of imidazole rings is 1. The number of aromatic amines is 1. The first kappa shape index (κ1) is 20.5. The lowest BCUT2D eigenvalue weighted by atomic mass is 10.1. The van der Waals surface area contributed by atoms with Crippen LogP contribution in [0.5, 0.6) is 0 Å². The lowest BCUT2D eigenvalue weighted by Crippen LogP contribution is -2.51. The number of aromatic nitrogens is 2. The van der Waals surface area contributed by atoms with E-state index < -0.39 is 0 Å². The van der Waals surface area contributed by atoms with E-state index in [0.717, 1.165) is 22.4 Å². The van der Waals surface area contributed by atoms with Gasteiger partial charge < -0.3 is 14.8 Å². The summed E-state index contributed by atoms with van der Waals surface area (Å²) in [5.74, 6) is 1.45. The molecule has 156 valence electrons. The third-order valence-corrected chi connectivity index (χ3v) is 6.60. The lowest BCUT2D eigenvalue weighted by Gasteiger charge is -2.35. The van der Waals surface area contributed by atoms with Gasteiger partial charge in [0.25, 0.3) is 5.91 Å². The molecule has 1 fully saturated rings. The van der Waals surface area contributed by atoms with Crippen LogP contribution in [0.2, 0.25) is 0 Å². The number of hydrogen-bond donors (Lipinski definition) is 1. The number of fused-ring (bicyclic) bond motifs is 1. The second-order valence-corrected chi connectivity index (χ2v) is 8.96. The fourth-order valence-corrected chi connectivity index (χ4v) is 4.41. The summed E-state index contributed by atoms with van der Waals surface area (Å²) in [7, 11) is 0. The molecular weight excluding hydrogens is 396 g/mol. The first-order valence-electron chi connectivity index (χ1n) is 10.2. The molecule has 0 radical (unpaired) electrons. The van der Waals surface area contributed by atoms with Gasteiger partial charge in [0.2, 0.25) is 5.91 Å². The molecule has 1 aromatic heterocycles. The number of rotatable bonds is 5. The number of aryl methyl sites for hydroxylation is 1. The van der Waals surface area contributed by atoms with Gasteiger partial charge in [-0.25, -0.2) is 4.98 Å². The van der Waals surface area contributed by atoms with Crippen LogP contribution in [0.1, 0.15) is 33.9 Å². The highest BCUT2D eigenvalue weighted by Crippen LogP contribution is 2.28. The summed E-state index contributed by atoms with van der Waals surface area (Å²) in [6.45, 7) is 6.37. The molecule has 1 atom stereocenters. The molecule has 30 heavy (non-hydrogen) atoms. The predicted octanol–water partition coefficient (Wildman–Crippen LogP) is 3.65. The molecule has 2 aromatic carbocycles. The molecule has 6 nitrogen and oxygen atoms in total. The average Bonchev–Trinajstić information content (AvgIpc) is 3.22. The van der Waals surface area contributed by atoms with Gasteiger partial charge in [0.15, 0.2) is 0 Å². The van der Waals surface area contributed by atoms with Crippen LogP contribution in [0.4, 0.5) is 0 Å². The van der Waals surface area contributed by atoms with Gasteiger partial charge in [-0.05, 0) is 38.1 Å². The standard InChI is InChI=1S/C23H26N4O2S/c1-16-7-9-18(10-8-16)23(29)27-13-11-26(12-14-27)21(28)15-30-17(2)22-24-19-5-3-4-6-20(19)25-22/h3-10,17H,11-15H2,1-2H3,(H,24,25). The van der Waals surface area contributed by atoms with Gasteiger partial charge in [-0.3, -0.25) is 9.59 Å². The molecule has 1 aliphatic heterocycles. The zero-order valence-electron chi connectivity index (χ0n) is 17.3. The Balaban J connectivity index is 1.27. The molecule has 0 spiro atoms. The Kier molecular flexibility index (Phi) is 6.08. The summed E-state index contributed by atoms with van der Waals surface area (Å²) in [6, 6.07) is 15.6. The number of para-hydroxylation sites is 2. The molecule has 0 aliphatic carbocycles. The van der Waals surface area contributed by atoms with E-state index in [1.807, 2.05) is 65.3 Å². The number of carbonyl (C=O) groups excluding carboxylic acids is 2. The second kappa shape index (κ2) is 8.92. The highest BCUT2D eigenvalue weighted by Gasteiger charge is 2.25. The van der Waals surface area contributed by atoms with Gasteiger partial charge in [-0.1, -0.05) is 29.8 Å². The van der Waals surface area contributed by atoms with E-state index in [9.17, 15) is 9.59 Å². The summed E-state index contributed by atoms with van der Waals surface area (Å²) >= 11 is 1.59. The van der Waals surface area contributed by atoms with Gasteiger partial charge in [0.1, 0.15) is 5.82 Å². The number of H-pyrrole nitrogens is 1. The van der Waals surface area contributed by atoms with Crippen molar-refractivity contribution in [3.05, 3.63) is 65.5 Å². The Bertz CT molecular complexity index is 1010. The molecule has 1 N–H and O–H groups in total. The van der Waals surface area contributed by atoms with Crippen molar-refractivity contribution in [1.29, 1.82) is 0 Å². The largest absolute Gasteiger partial charge is 0.341 e. The van der Waals surface area contributed by atoms with Gasteiger partial charge >= 0.3 is 0 Å². The Morgan fingerprint density at radius 2 is 1.70 bits per heavy atom. The molecule has 3 aromatic rings. The first-order valence-corrected chi connectivity index (χ1v) is 11.3. The molecular formula is C23H26N4O2S. The summed E-state index contributed by atoms with van der Waals surface area (Å²) in [5, 5.41) is 0.103. The van der Waals surface area contributed by atoms with Crippen molar-refractivity contribution in [1.82, 2.24) is 19.8 Å². The minimum Gasteiger partial charge on any atom is -0.341 e. The Morgan fingerprint density at radius 1 is 1.03 bits per heavy atom. The van der Waals surface area contributed by atoms with Crippen molar-refractivity contribution in [2.75, 3.05) is 31.9 Å². The summed E-state index contributed by atoms with van der Waals surface area (Å²) in [5.41, 5.74) is 3.80. The molecule has 0 bridgehead atoms. The van der Waals surface area contributed by atoms with Crippen LogP contribution >= 0.6 is 11.8 Å². The highest BCUT2D eigenvalue weighted by molar-refractivity contribution is 8.00. The molecule has 1 unspecified atom stereocenters. The molecule has 7 heteroatoms. The maximum Gasteiger partial charge on any atom is 0.253 e. The molecule has 2 heterocycles. The van der Waals surface area contributed by atoms with Crippen molar-refractivity contribution < 1.29 is 9.59 Å². The van der Waals surface area contributed by atoms with Crippen LogP contribution in [-0.2, 0) is 4.79 Å². The van der Waals surface area contributed by atoms with Gasteiger partial charge in [-0.15, -0.1) is 11.8 Å². The Hall–Kier alpha value is -2.80. The molecule has 2 amide bonds. The van der Waals surface area contributed by atoms with Crippen LogP contribution < -0.4 is 0 Å². The minimum absolute atomic E-state index is 0.0370. The van der Waals surface area contributed by atoms with Crippen molar-refractivity contribution >= 4 is 34.6 Å². The second-order valence-electron chi connectivity index (χ2n) is 7.63. The Labute approximate surface area is 180 Å².